The zero-order chi connectivity index (χ0) is 21.9. The van der Waals surface area contributed by atoms with Gasteiger partial charge in [-0.2, -0.15) is 5.10 Å². The topological polar surface area (TPSA) is 67.6 Å². The van der Waals surface area contributed by atoms with Gasteiger partial charge in [-0.15, -0.1) is 0 Å². The van der Waals surface area contributed by atoms with Gasteiger partial charge in [-0.1, -0.05) is 35.9 Å². The zero-order valence-corrected chi connectivity index (χ0v) is 18.6. The summed E-state index contributed by atoms with van der Waals surface area (Å²) in [7, 11) is 0. The molecule has 0 bridgehead atoms. The maximum absolute atomic E-state index is 6.39. The van der Waals surface area contributed by atoms with Crippen LogP contribution in [0.2, 0.25) is 5.02 Å². The van der Waals surface area contributed by atoms with E-state index in [2.05, 4.69) is 10.1 Å². The second-order valence-electron chi connectivity index (χ2n) is 8.38. The first-order valence-corrected chi connectivity index (χ1v) is 10.5. The third kappa shape index (κ3) is 5.36. The highest BCUT2D eigenvalue weighted by Gasteiger charge is 2.44. The SMILES string of the molecule is CC(C)(C)Oc1ccccc1OCC1COC(Cn2cncn2)(c2ccc(Cl)cc2)O1. The summed E-state index contributed by atoms with van der Waals surface area (Å²) in [5.74, 6) is 0.357. The molecule has 0 radical (unpaired) electrons. The molecule has 2 atom stereocenters. The van der Waals surface area contributed by atoms with Crippen molar-refractivity contribution in [3.8, 4) is 11.5 Å². The molecule has 1 saturated heterocycles. The number of halogens is 1. The molecule has 0 saturated carbocycles. The Bertz CT molecular complexity index is 989. The number of hydrogen-bond acceptors (Lipinski definition) is 6. The number of para-hydroxylation sites is 2. The molecule has 7 nitrogen and oxygen atoms in total. The maximum Gasteiger partial charge on any atom is 0.215 e. The highest BCUT2D eigenvalue weighted by atomic mass is 35.5. The normalized spacial score (nSPS) is 21.2. The fourth-order valence-electron chi connectivity index (χ4n) is 3.37. The smallest absolute Gasteiger partial charge is 0.215 e. The second-order valence-corrected chi connectivity index (χ2v) is 8.81. The molecule has 0 N–H and O–H groups in total. The number of ether oxygens (including phenoxy) is 4. The molecule has 4 rings (SSSR count). The monoisotopic (exact) mass is 443 g/mol. The molecule has 1 aliphatic heterocycles. The van der Waals surface area contributed by atoms with Gasteiger partial charge < -0.3 is 18.9 Å². The van der Waals surface area contributed by atoms with Crippen LogP contribution in [0.3, 0.4) is 0 Å². The van der Waals surface area contributed by atoms with E-state index in [1.165, 1.54) is 6.33 Å². The van der Waals surface area contributed by atoms with Crippen LogP contribution in [0.15, 0.2) is 61.2 Å². The molecule has 8 heteroatoms. The fraction of sp³-hybridized carbons (Fsp3) is 0.391. The summed E-state index contributed by atoms with van der Waals surface area (Å²) >= 11 is 6.07. The highest BCUT2D eigenvalue weighted by Crippen LogP contribution is 2.37. The number of benzene rings is 2. The first-order chi connectivity index (χ1) is 14.8. The Morgan fingerprint density at radius 2 is 1.87 bits per heavy atom. The summed E-state index contributed by atoms with van der Waals surface area (Å²) in [4.78, 5) is 4.02. The Kier molecular flexibility index (Phi) is 6.18. The summed E-state index contributed by atoms with van der Waals surface area (Å²) in [5, 5.41) is 4.85. The number of hydrogen-bond donors (Lipinski definition) is 0. The first kappa shape index (κ1) is 21.6. The molecule has 2 heterocycles. The fourth-order valence-corrected chi connectivity index (χ4v) is 3.50. The van der Waals surface area contributed by atoms with Crippen molar-refractivity contribution < 1.29 is 18.9 Å². The number of aromatic nitrogens is 3. The molecule has 1 aromatic heterocycles. The van der Waals surface area contributed by atoms with Gasteiger partial charge in [0.2, 0.25) is 5.79 Å². The molecular formula is C23H26ClN3O4. The van der Waals surface area contributed by atoms with Crippen molar-refractivity contribution in [1.29, 1.82) is 0 Å². The molecule has 1 aliphatic rings. The van der Waals surface area contributed by atoms with E-state index in [9.17, 15) is 0 Å². The molecule has 0 aliphatic carbocycles. The van der Waals surface area contributed by atoms with E-state index < -0.39 is 5.79 Å². The van der Waals surface area contributed by atoms with Gasteiger partial charge in [-0.25, -0.2) is 9.67 Å². The Hall–Kier alpha value is -2.61. The molecule has 0 amide bonds. The van der Waals surface area contributed by atoms with Crippen molar-refractivity contribution in [2.24, 2.45) is 0 Å². The highest BCUT2D eigenvalue weighted by molar-refractivity contribution is 6.30. The lowest BCUT2D eigenvalue weighted by molar-refractivity contribution is -0.190. The molecular weight excluding hydrogens is 418 g/mol. The van der Waals surface area contributed by atoms with Crippen LogP contribution in [0.1, 0.15) is 26.3 Å². The largest absolute Gasteiger partial charge is 0.487 e. The van der Waals surface area contributed by atoms with E-state index in [0.29, 0.717) is 36.3 Å². The quantitative estimate of drug-likeness (QED) is 0.537. The van der Waals surface area contributed by atoms with Crippen LogP contribution in [-0.2, 0) is 21.8 Å². The van der Waals surface area contributed by atoms with Crippen molar-refractivity contribution >= 4 is 11.6 Å². The van der Waals surface area contributed by atoms with Crippen molar-refractivity contribution in [3.05, 3.63) is 71.8 Å². The lowest BCUT2D eigenvalue weighted by Crippen LogP contribution is -2.34. The summed E-state index contributed by atoms with van der Waals surface area (Å²) in [6.07, 6.45) is 2.84. The molecule has 31 heavy (non-hydrogen) atoms. The van der Waals surface area contributed by atoms with E-state index in [1.807, 2.05) is 69.3 Å². The van der Waals surface area contributed by atoms with Crippen LogP contribution in [-0.4, -0.2) is 39.7 Å². The summed E-state index contributed by atoms with van der Waals surface area (Å²) in [5.41, 5.74) is 0.528. The van der Waals surface area contributed by atoms with E-state index in [0.717, 1.165) is 5.56 Å². The van der Waals surface area contributed by atoms with Crippen LogP contribution in [0, 0.1) is 0 Å². The predicted octanol–water partition coefficient (Wildman–Crippen LogP) is 4.46. The van der Waals surface area contributed by atoms with Gasteiger partial charge in [0.25, 0.3) is 0 Å². The van der Waals surface area contributed by atoms with Crippen molar-refractivity contribution in [1.82, 2.24) is 14.8 Å². The molecule has 0 spiro atoms. The van der Waals surface area contributed by atoms with Crippen LogP contribution in [0.4, 0.5) is 0 Å². The van der Waals surface area contributed by atoms with Gasteiger partial charge in [0.15, 0.2) is 11.5 Å². The van der Waals surface area contributed by atoms with E-state index in [1.54, 1.807) is 11.0 Å². The van der Waals surface area contributed by atoms with E-state index in [4.69, 9.17) is 30.5 Å². The van der Waals surface area contributed by atoms with Gasteiger partial charge in [-0.3, -0.25) is 0 Å². The van der Waals surface area contributed by atoms with E-state index >= 15 is 0 Å². The average Bonchev–Trinajstić information content (AvgIpc) is 3.38. The minimum atomic E-state index is -1.01. The third-order valence-electron chi connectivity index (χ3n) is 4.67. The average molecular weight is 444 g/mol. The van der Waals surface area contributed by atoms with Gasteiger partial charge >= 0.3 is 0 Å². The molecule has 3 aromatic rings. The molecule has 2 unspecified atom stereocenters. The zero-order valence-electron chi connectivity index (χ0n) is 17.8. The van der Waals surface area contributed by atoms with Crippen molar-refractivity contribution in [2.45, 2.75) is 44.8 Å². The Morgan fingerprint density at radius 1 is 1.13 bits per heavy atom. The van der Waals surface area contributed by atoms with Gasteiger partial charge in [0.05, 0.1) is 6.61 Å². The molecule has 1 fully saturated rings. The number of nitrogens with zero attached hydrogens (tertiary/aromatic N) is 3. The van der Waals surface area contributed by atoms with E-state index in [-0.39, 0.29) is 11.7 Å². The predicted molar refractivity (Wildman–Crippen MR) is 116 cm³/mol. The minimum absolute atomic E-state index is 0.276. The van der Waals surface area contributed by atoms with Gasteiger partial charge in [0.1, 0.15) is 37.5 Å². The maximum atomic E-state index is 6.39. The summed E-state index contributed by atoms with van der Waals surface area (Å²) < 4.78 is 26.3. The Morgan fingerprint density at radius 3 is 2.55 bits per heavy atom. The lowest BCUT2D eigenvalue weighted by Gasteiger charge is -2.28. The minimum Gasteiger partial charge on any atom is -0.487 e. The molecule has 164 valence electrons. The molecule has 2 aromatic carbocycles. The summed E-state index contributed by atoms with van der Waals surface area (Å²) in [6, 6.07) is 15.1. The lowest BCUT2D eigenvalue weighted by atomic mass is 10.1. The summed E-state index contributed by atoms with van der Waals surface area (Å²) in [6.45, 7) is 7.05. The van der Waals surface area contributed by atoms with Crippen LogP contribution in [0.5, 0.6) is 11.5 Å². The van der Waals surface area contributed by atoms with Gasteiger partial charge in [0, 0.05) is 10.6 Å². The van der Waals surface area contributed by atoms with Crippen molar-refractivity contribution in [2.75, 3.05) is 13.2 Å². The second kappa shape index (κ2) is 8.86. The van der Waals surface area contributed by atoms with Crippen LogP contribution in [0.25, 0.3) is 0 Å². The first-order valence-electron chi connectivity index (χ1n) is 10.1. The Balaban J connectivity index is 1.49. The Labute approximate surface area is 186 Å². The van der Waals surface area contributed by atoms with Crippen LogP contribution >= 0.6 is 11.6 Å². The van der Waals surface area contributed by atoms with Crippen molar-refractivity contribution in [3.63, 3.8) is 0 Å². The third-order valence-corrected chi connectivity index (χ3v) is 4.92. The standard InChI is InChI=1S/C23H26ClN3O4/c1-22(2,3)31-21-7-5-4-6-20(21)28-12-19-13-29-23(30-19,14-27-16-25-15-26-27)17-8-10-18(24)11-9-17/h4-11,15-16,19H,12-14H2,1-3H3. The number of rotatable bonds is 7. The van der Waals surface area contributed by atoms with Crippen LogP contribution < -0.4 is 9.47 Å². The van der Waals surface area contributed by atoms with Gasteiger partial charge in [-0.05, 0) is 45.0 Å².